The molecule has 1 aliphatic rings. The smallest absolute Gasteiger partial charge is 0.407 e. The van der Waals surface area contributed by atoms with Crippen LogP contribution in [-0.2, 0) is 14.4 Å². The van der Waals surface area contributed by atoms with Crippen LogP contribution in [0.15, 0.2) is 59.7 Å². The van der Waals surface area contributed by atoms with E-state index in [4.69, 9.17) is 4.74 Å². The number of ether oxygens (including phenoxy) is 1. The van der Waals surface area contributed by atoms with Gasteiger partial charge in [-0.2, -0.15) is 5.10 Å². The molecule has 1 aliphatic heterocycles. The first-order chi connectivity index (χ1) is 14.6. The molecule has 0 bridgehead atoms. The first kappa shape index (κ1) is 22.8. The van der Waals surface area contributed by atoms with Crippen LogP contribution in [0.2, 0.25) is 0 Å². The van der Waals surface area contributed by atoms with E-state index in [9.17, 15) is 14.0 Å². The van der Waals surface area contributed by atoms with Gasteiger partial charge in [0.05, 0.1) is 0 Å². The number of nitrogens with one attached hydrogen (secondary N) is 1. The van der Waals surface area contributed by atoms with E-state index in [-0.39, 0.29) is 12.5 Å². The molecule has 8 heteroatoms. The zero-order chi connectivity index (χ0) is 22.6. The standard InChI is InChI=1S/C23H26FN3O3S/c1-16(28)27-23(17-10-6-5-7-11-17,14-15-25-21(29)30-22(2,3)4)31-20(26-27)18-12-8-9-13-19(18)24/h5-13H,14-15H2,1-4H3,(H,25,29). The second kappa shape index (κ2) is 9.09. The maximum Gasteiger partial charge on any atom is 0.407 e. The molecule has 0 saturated carbocycles. The predicted octanol–water partition coefficient (Wildman–Crippen LogP) is 4.85. The molecule has 0 aromatic heterocycles. The summed E-state index contributed by atoms with van der Waals surface area (Å²) in [6.07, 6.45) is -0.189. The van der Waals surface area contributed by atoms with Gasteiger partial charge in [0.25, 0.3) is 0 Å². The summed E-state index contributed by atoms with van der Waals surface area (Å²) in [5.41, 5.74) is 0.545. The summed E-state index contributed by atoms with van der Waals surface area (Å²) in [5.74, 6) is -0.687. The fourth-order valence-electron chi connectivity index (χ4n) is 3.29. The van der Waals surface area contributed by atoms with Crippen LogP contribution in [0.3, 0.4) is 0 Å². The number of nitrogens with zero attached hydrogens (tertiary/aromatic N) is 2. The van der Waals surface area contributed by atoms with Crippen molar-refractivity contribution < 1.29 is 18.7 Å². The zero-order valence-corrected chi connectivity index (χ0v) is 18.8. The fraction of sp³-hybridized carbons (Fsp3) is 0.348. The largest absolute Gasteiger partial charge is 0.444 e. The molecule has 1 unspecified atom stereocenters. The van der Waals surface area contributed by atoms with E-state index >= 15 is 0 Å². The van der Waals surface area contributed by atoms with Crippen molar-refractivity contribution >= 4 is 28.8 Å². The van der Waals surface area contributed by atoms with Crippen molar-refractivity contribution in [2.75, 3.05) is 6.54 Å². The number of hydrogen-bond donors (Lipinski definition) is 1. The van der Waals surface area contributed by atoms with Gasteiger partial charge in [-0.1, -0.05) is 54.2 Å². The average Bonchev–Trinajstić information content (AvgIpc) is 3.08. The van der Waals surface area contributed by atoms with Gasteiger partial charge in [0.1, 0.15) is 21.3 Å². The van der Waals surface area contributed by atoms with Gasteiger partial charge in [0, 0.05) is 25.5 Å². The number of hydrogen-bond acceptors (Lipinski definition) is 5. The first-order valence-corrected chi connectivity index (χ1v) is 10.8. The van der Waals surface area contributed by atoms with E-state index in [1.54, 1.807) is 39.0 Å². The fourth-order valence-corrected chi connectivity index (χ4v) is 4.72. The minimum atomic E-state index is -0.931. The number of carbonyl (C=O) groups is 2. The van der Waals surface area contributed by atoms with Gasteiger partial charge in [-0.3, -0.25) is 4.79 Å². The third-order valence-corrected chi connectivity index (χ3v) is 6.00. The Morgan fingerprint density at radius 2 is 1.77 bits per heavy atom. The molecule has 2 aromatic rings. The lowest BCUT2D eigenvalue weighted by molar-refractivity contribution is -0.132. The number of amides is 2. The van der Waals surface area contributed by atoms with Crippen molar-refractivity contribution in [3.63, 3.8) is 0 Å². The highest BCUT2D eigenvalue weighted by Crippen LogP contribution is 2.49. The van der Waals surface area contributed by atoms with Crippen molar-refractivity contribution in [3.05, 3.63) is 71.5 Å². The van der Waals surface area contributed by atoms with Gasteiger partial charge in [-0.25, -0.2) is 14.2 Å². The summed E-state index contributed by atoms with van der Waals surface area (Å²) in [6.45, 7) is 7.03. The van der Waals surface area contributed by atoms with Gasteiger partial charge < -0.3 is 10.1 Å². The van der Waals surface area contributed by atoms with Crippen LogP contribution in [0.5, 0.6) is 0 Å². The van der Waals surface area contributed by atoms with Gasteiger partial charge in [-0.05, 0) is 38.5 Å². The topological polar surface area (TPSA) is 71.0 Å². The molecule has 2 aromatic carbocycles. The SMILES string of the molecule is CC(=O)N1N=C(c2ccccc2F)SC1(CCNC(=O)OC(C)(C)C)c1ccccc1. The summed E-state index contributed by atoms with van der Waals surface area (Å²) >= 11 is 1.30. The zero-order valence-electron chi connectivity index (χ0n) is 18.0. The Kier molecular flexibility index (Phi) is 6.69. The Hall–Kier alpha value is -2.87. The second-order valence-electron chi connectivity index (χ2n) is 8.15. The lowest BCUT2D eigenvalue weighted by Gasteiger charge is -2.35. The van der Waals surface area contributed by atoms with Gasteiger partial charge in [-0.15, -0.1) is 0 Å². The summed E-state index contributed by atoms with van der Waals surface area (Å²) in [6, 6.07) is 15.8. The van der Waals surface area contributed by atoms with E-state index in [0.717, 1.165) is 5.56 Å². The molecule has 31 heavy (non-hydrogen) atoms. The van der Waals surface area contributed by atoms with Crippen LogP contribution in [0, 0.1) is 5.82 Å². The summed E-state index contributed by atoms with van der Waals surface area (Å²) in [5, 5.41) is 9.03. The Labute approximate surface area is 185 Å². The highest BCUT2D eigenvalue weighted by Gasteiger charge is 2.47. The van der Waals surface area contributed by atoms with Crippen LogP contribution in [0.1, 0.15) is 45.2 Å². The summed E-state index contributed by atoms with van der Waals surface area (Å²) in [4.78, 5) is 23.8. The third kappa shape index (κ3) is 5.25. The molecule has 0 aliphatic carbocycles. The summed E-state index contributed by atoms with van der Waals surface area (Å²) < 4.78 is 19.8. The maximum atomic E-state index is 14.5. The molecule has 0 radical (unpaired) electrons. The van der Waals surface area contributed by atoms with E-state index < -0.39 is 22.4 Å². The molecule has 3 rings (SSSR count). The van der Waals surface area contributed by atoms with Crippen molar-refractivity contribution in [1.29, 1.82) is 0 Å². The first-order valence-electron chi connectivity index (χ1n) is 9.98. The maximum absolute atomic E-state index is 14.5. The third-order valence-electron chi connectivity index (χ3n) is 4.56. The van der Waals surface area contributed by atoms with Crippen molar-refractivity contribution in [2.45, 2.75) is 44.6 Å². The van der Waals surface area contributed by atoms with Crippen molar-refractivity contribution in [3.8, 4) is 0 Å². The van der Waals surface area contributed by atoms with Crippen LogP contribution in [0.4, 0.5) is 9.18 Å². The van der Waals surface area contributed by atoms with E-state index in [0.29, 0.717) is 17.0 Å². The number of hydrazone groups is 1. The highest BCUT2D eigenvalue weighted by atomic mass is 32.2. The van der Waals surface area contributed by atoms with Crippen LogP contribution in [-0.4, -0.2) is 34.2 Å². The lowest BCUT2D eigenvalue weighted by atomic mass is 10.0. The molecular weight excluding hydrogens is 417 g/mol. The molecular formula is C23H26FN3O3S. The molecule has 0 fully saturated rings. The van der Waals surface area contributed by atoms with E-state index in [1.165, 1.54) is 29.8 Å². The summed E-state index contributed by atoms with van der Waals surface area (Å²) in [7, 11) is 0. The van der Waals surface area contributed by atoms with Gasteiger partial charge in [0.2, 0.25) is 5.91 Å². The van der Waals surface area contributed by atoms with Gasteiger partial charge >= 0.3 is 6.09 Å². The molecule has 2 amide bonds. The number of alkyl carbamates (subject to hydrolysis) is 1. The van der Waals surface area contributed by atoms with E-state index in [1.807, 2.05) is 30.3 Å². The number of rotatable bonds is 5. The molecule has 6 nitrogen and oxygen atoms in total. The molecule has 164 valence electrons. The minimum absolute atomic E-state index is 0.237. The monoisotopic (exact) mass is 443 g/mol. The Morgan fingerprint density at radius 3 is 2.39 bits per heavy atom. The lowest BCUT2D eigenvalue weighted by Crippen LogP contribution is -2.43. The van der Waals surface area contributed by atoms with E-state index in [2.05, 4.69) is 10.4 Å². The molecule has 1 heterocycles. The molecule has 1 N–H and O–H groups in total. The normalized spacial score (nSPS) is 18.5. The number of benzene rings is 2. The molecule has 1 atom stereocenters. The minimum Gasteiger partial charge on any atom is -0.444 e. The highest BCUT2D eigenvalue weighted by molar-refractivity contribution is 8.15. The predicted molar refractivity (Wildman–Crippen MR) is 120 cm³/mol. The average molecular weight is 444 g/mol. The molecule has 0 spiro atoms. The Morgan fingerprint density at radius 1 is 1.13 bits per heavy atom. The second-order valence-corrected chi connectivity index (χ2v) is 9.41. The van der Waals surface area contributed by atoms with Crippen LogP contribution < -0.4 is 5.32 Å². The number of halogens is 1. The van der Waals surface area contributed by atoms with Crippen LogP contribution in [0.25, 0.3) is 0 Å². The Balaban J connectivity index is 1.92. The Bertz CT molecular complexity index is 991. The number of carbonyl (C=O) groups excluding carboxylic acids is 2. The number of thioether (sulfide) groups is 1. The van der Waals surface area contributed by atoms with Crippen molar-refractivity contribution in [1.82, 2.24) is 10.3 Å². The van der Waals surface area contributed by atoms with Crippen molar-refractivity contribution in [2.24, 2.45) is 5.10 Å². The van der Waals surface area contributed by atoms with Gasteiger partial charge in [0.15, 0.2) is 0 Å². The molecule has 0 saturated heterocycles. The quantitative estimate of drug-likeness (QED) is 0.717. The van der Waals surface area contributed by atoms with Crippen LogP contribution >= 0.6 is 11.8 Å².